The molecule has 1 unspecified atom stereocenters. The molecule has 0 saturated heterocycles. The summed E-state index contributed by atoms with van der Waals surface area (Å²) in [5.74, 6) is 3.07. The highest BCUT2D eigenvalue weighted by molar-refractivity contribution is 5.87. The van der Waals surface area contributed by atoms with Gasteiger partial charge in [-0.05, 0) is 68.6 Å². The third-order valence-electron chi connectivity index (χ3n) is 5.28. The summed E-state index contributed by atoms with van der Waals surface area (Å²) in [6.07, 6.45) is 7.49. The molecule has 0 aliphatic heterocycles. The smallest absolute Gasteiger partial charge is 0.139 e. The van der Waals surface area contributed by atoms with Crippen molar-refractivity contribution in [1.29, 1.82) is 0 Å². The average molecular weight is 298 g/mol. The van der Waals surface area contributed by atoms with Crippen LogP contribution in [0.15, 0.2) is 36.9 Å². The number of allylic oxidation sites excluding steroid dienone is 1. The number of hydrogen-bond acceptors (Lipinski definition) is 2. The maximum atomic E-state index is 12.7. The van der Waals surface area contributed by atoms with E-state index in [9.17, 15) is 4.79 Å². The van der Waals surface area contributed by atoms with Crippen LogP contribution in [-0.2, 0) is 4.79 Å². The second-order valence-corrected chi connectivity index (χ2v) is 6.70. The Balaban J connectivity index is 1.55. The molecule has 0 bridgehead atoms. The highest BCUT2D eigenvalue weighted by Gasteiger charge is 2.46. The zero-order chi connectivity index (χ0) is 15.5. The first-order valence-corrected chi connectivity index (χ1v) is 8.62. The zero-order valence-corrected chi connectivity index (χ0v) is 13.5. The fourth-order valence-corrected chi connectivity index (χ4v) is 3.80. The van der Waals surface area contributed by atoms with E-state index in [1.807, 2.05) is 19.1 Å². The maximum absolute atomic E-state index is 12.7. The van der Waals surface area contributed by atoms with Gasteiger partial charge in [-0.15, -0.1) is 6.58 Å². The van der Waals surface area contributed by atoms with E-state index in [1.165, 1.54) is 5.56 Å². The van der Waals surface area contributed by atoms with Crippen LogP contribution < -0.4 is 4.74 Å². The second kappa shape index (κ2) is 6.68. The predicted octanol–water partition coefficient (Wildman–Crippen LogP) is 4.75. The van der Waals surface area contributed by atoms with E-state index >= 15 is 0 Å². The molecule has 0 heterocycles. The van der Waals surface area contributed by atoms with Crippen molar-refractivity contribution in [2.24, 2.45) is 17.8 Å². The van der Waals surface area contributed by atoms with Gasteiger partial charge in [0.2, 0.25) is 0 Å². The van der Waals surface area contributed by atoms with Crippen molar-refractivity contribution in [1.82, 2.24) is 0 Å². The minimum Gasteiger partial charge on any atom is -0.494 e. The van der Waals surface area contributed by atoms with E-state index in [-0.39, 0.29) is 5.92 Å². The highest BCUT2D eigenvalue weighted by atomic mass is 16.5. The Labute approximate surface area is 133 Å². The lowest BCUT2D eigenvalue weighted by molar-refractivity contribution is -0.125. The third kappa shape index (κ3) is 3.26. The summed E-state index contributed by atoms with van der Waals surface area (Å²) in [7, 11) is 0. The van der Waals surface area contributed by atoms with Gasteiger partial charge in [0.15, 0.2) is 0 Å². The van der Waals surface area contributed by atoms with Gasteiger partial charge in [-0.2, -0.15) is 0 Å². The third-order valence-corrected chi connectivity index (χ3v) is 5.28. The number of carbonyl (C=O) groups excluding carboxylic acids is 1. The van der Waals surface area contributed by atoms with Gasteiger partial charge < -0.3 is 4.74 Å². The molecule has 2 saturated carbocycles. The van der Waals surface area contributed by atoms with Crippen LogP contribution in [0.3, 0.4) is 0 Å². The topological polar surface area (TPSA) is 26.3 Å². The quantitative estimate of drug-likeness (QED) is 0.708. The monoisotopic (exact) mass is 298 g/mol. The van der Waals surface area contributed by atoms with Gasteiger partial charge >= 0.3 is 0 Å². The number of Topliss-reactive ketones (excluding diaryl/α,β-unsaturated/α-hetero) is 1. The Kier molecular flexibility index (Phi) is 4.66. The van der Waals surface area contributed by atoms with Crippen LogP contribution in [-0.4, -0.2) is 12.4 Å². The minimum atomic E-state index is 0.267. The Morgan fingerprint density at radius 2 is 1.91 bits per heavy atom. The summed E-state index contributed by atoms with van der Waals surface area (Å²) in [6.45, 7) is 6.56. The lowest BCUT2D eigenvalue weighted by Crippen LogP contribution is -2.22. The molecule has 2 fully saturated rings. The average Bonchev–Trinajstić information content (AvgIpc) is 3.36. The number of hydrogen-bond donors (Lipinski definition) is 0. The molecule has 118 valence electrons. The zero-order valence-electron chi connectivity index (χ0n) is 13.5. The van der Waals surface area contributed by atoms with Gasteiger partial charge in [0.05, 0.1) is 6.61 Å². The fraction of sp³-hybridized carbons (Fsp3) is 0.550. The van der Waals surface area contributed by atoms with Crippen molar-refractivity contribution in [2.75, 3.05) is 6.61 Å². The first-order valence-electron chi connectivity index (χ1n) is 8.62. The molecule has 1 aromatic carbocycles. The molecule has 2 atom stereocenters. The Morgan fingerprint density at radius 3 is 2.50 bits per heavy atom. The molecule has 1 aromatic rings. The molecule has 3 rings (SSSR count). The molecular weight excluding hydrogens is 272 g/mol. The molecule has 0 amide bonds. The van der Waals surface area contributed by atoms with Crippen LogP contribution in [0.25, 0.3) is 0 Å². The van der Waals surface area contributed by atoms with E-state index in [0.717, 1.165) is 37.9 Å². The summed E-state index contributed by atoms with van der Waals surface area (Å²) in [4.78, 5) is 12.7. The summed E-state index contributed by atoms with van der Waals surface area (Å²) < 4.78 is 5.48. The van der Waals surface area contributed by atoms with Gasteiger partial charge in [0, 0.05) is 11.8 Å². The Hall–Kier alpha value is -1.57. The molecule has 0 aromatic heterocycles. The van der Waals surface area contributed by atoms with Crippen LogP contribution in [0, 0.1) is 17.8 Å². The first-order chi connectivity index (χ1) is 10.7. The first kappa shape index (κ1) is 15.3. The summed E-state index contributed by atoms with van der Waals surface area (Å²) in [6, 6.07) is 8.29. The summed E-state index contributed by atoms with van der Waals surface area (Å²) in [5.41, 5.74) is 1.29. The molecule has 0 spiro atoms. The molecule has 0 N–H and O–H groups in total. The van der Waals surface area contributed by atoms with Crippen molar-refractivity contribution in [3.63, 3.8) is 0 Å². The van der Waals surface area contributed by atoms with Crippen molar-refractivity contribution < 1.29 is 9.53 Å². The van der Waals surface area contributed by atoms with E-state index in [1.54, 1.807) is 0 Å². The number of ketones is 1. The van der Waals surface area contributed by atoms with Gasteiger partial charge in [-0.25, -0.2) is 0 Å². The standard InChI is InChI=1S/C20H26O2/c1-3-14-5-7-16(8-6-14)20(21)19-13-18(19)15-9-11-17(12-10-15)22-4-2/h3,9-12,14,16,18-19H,1,4-8,13H2,2H3/t14?,16?,18?,19-/m1/s1. The summed E-state index contributed by atoms with van der Waals surface area (Å²) in [5, 5.41) is 0. The minimum absolute atomic E-state index is 0.267. The molecule has 2 heteroatoms. The maximum Gasteiger partial charge on any atom is 0.139 e. The summed E-state index contributed by atoms with van der Waals surface area (Å²) >= 11 is 0. The molecule has 2 aliphatic rings. The fourth-order valence-electron chi connectivity index (χ4n) is 3.80. The predicted molar refractivity (Wildman–Crippen MR) is 89.1 cm³/mol. The van der Waals surface area contributed by atoms with Crippen LogP contribution >= 0.6 is 0 Å². The number of ether oxygens (including phenoxy) is 1. The van der Waals surface area contributed by atoms with Crippen LogP contribution in [0.4, 0.5) is 0 Å². The van der Waals surface area contributed by atoms with Crippen molar-refractivity contribution in [2.45, 2.75) is 44.9 Å². The molecule has 2 nitrogen and oxygen atoms in total. The van der Waals surface area contributed by atoms with Crippen LogP contribution in [0.5, 0.6) is 5.75 Å². The van der Waals surface area contributed by atoms with Gasteiger partial charge in [-0.3, -0.25) is 4.79 Å². The Bertz CT molecular complexity index is 523. The molecule has 2 aliphatic carbocycles. The van der Waals surface area contributed by atoms with Crippen LogP contribution in [0.1, 0.15) is 50.5 Å². The van der Waals surface area contributed by atoms with E-state index in [2.05, 4.69) is 24.8 Å². The van der Waals surface area contributed by atoms with E-state index in [0.29, 0.717) is 30.1 Å². The normalized spacial score (nSPS) is 30.6. The molecule has 22 heavy (non-hydrogen) atoms. The lowest BCUT2D eigenvalue weighted by atomic mass is 9.79. The lowest BCUT2D eigenvalue weighted by Gasteiger charge is -2.25. The number of carbonyl (C=O) groups is 1. The number of rotatable bonds is 6. The van der Waals surface area contributed by atoms with E-state index in [4.69, 9.17) is 4.74 Å². The second-order valence-electron chi connectivity index (χ2n) is 6.70. The van der Waals surface area contributed by atoms with Gasteiger partial charge in [0.1, 0.15) is 11.5 Å². The Morgan fingerprint density at radius 1 is 1.23 bits per heavy atom. The van der Waals surface area contributed by atoms with Crippen molar-refractivity contribution in [3.05, 3.63) is 42.5 Å². The van der Waals surface area contributed by atoms with E-state index < -0.39 is 0 Å². The van der Waals surface area contributed by atoms with Crippen molar-refractivity contribution >= 4 is 5.78 Å². The molecular formula is C20H26O2. The SMILES string of the molecule is C=CC1CCC(C(=O)[C@@H]2CC2c2ccc(OCC)cc2)CC1. The molecule has 0 radical (unpaired) electrons. The number of benzene rings is 1. The van der Waals surface area contributed by atoms with Gasteiger partial charge in [-0.1, -0.05) is 18.2 Å². The van der Waals surface area contributed by atoms with Crippen LogP contribution in [0.2, 0.25) is 0 Å². The largest absolute Gasteiger partial charge is 0.494 e. The van der Waals surface area contributed by atoms with Crippen molar-refractivity contribution in [3.8, 4) is 5.75 Å². The van der Waals surface area contributed by atoms with Gasteiger partial charge in [0.25, 0.3) is 0 Å². The highest BCUT2D eigenvalue weighted by Crippen LogP contribution is 2.50.